The first kappa shape index (κ1) is 8.75. The van der Waals surface area contributed by atoms with Gasteiger partial charge in [-0.05, 0) is 38.3 Å². The van der Waals surface area contributed by atoms with Crippen LogP contribution >= 0.6 is 0 Å². The molecule has 2 heteroatoms. The van der Waals surface area contributed by atoms with Crippen molar-refractivity contribution >= 4 is 0 Å². The predicted octanol–water partition coefficient (Wildman–Crippen LogP) is 0.889. The molecule has 0 unspecified atom stereocenters. The monoisotopic (exact) mass is 154 g/mol. The van der Waals surface area contributed by atoms with E-state index >= 15 is 0 Å². The van der Waals surface area contributed by atoms with E-state index in [1.54, 1.807) is 0 Å². The number of rotatable bonds is 3. The molecule has 1 heterocycles. The van der Waals surface area contributed by atoms with Gasteiger partial charge in [0.2, 0.25) is 0 Å². The first-order valence-corrected chi connectivity index (χ1v) is 4.42. The van der Waals surface area contributed by atoms with E-state index in [-0.39, 0.29) is 0 Å². The lowest BCUT2D eigenvalue weighted by molar-refractivity contribution is 0.319. The van der Waals surface area contributed by atoms with Gasteiger partial charge in [0.15, 0.2) is 0 Å². The molecular weight excluding hydrogens is 136 g/mol. The van der Waals surface area contributed by atoms with Crippen molar-refractivity contribution in [3.05, 3.63) is 12.7 Å². The highest BCUT2D eigenvalue weighted by atomic mass is 14.9. The molecule has 1 saturated heterocycles. The fourth-order valence-corrected chi connectivity index (χ4v) is 1.66. The zero-order valence-electron chi connectivity index (χ0n) is 7.05. The van der Waals surface area contributed by atoms with Crippen LogP contribution in [0.5, 0.6) is 0 Å². The molecule has 3 N–H and O–H groups in total. The second kappa shape index (κ2) is 4.52. The average molecular weight is 154 g/mol. The Kier molecular flexibility index (Phi) is 3.60. The van der Waals surface area contributed by atoms with Gasteiger partial charge >= 0.3 is 0 Å². The smallest absolute Gasteiger partial charge is 0.0103 e. The van der Waals surface area contributed by atoms with Crippen LogP contribution in [-0.4, -0.2) is 19.1 Å². The van der Waals surface area contributed by atoms with Crippen LogP contribution in [0.15, 0.2) is 12.7 Å². The molecule has 2 nitrogen and oxygen atoms in total. The molecular formula is C9H18N2. The maximum Gasteiger partial charge on any atom is 0.0103 e. The van der Waals surface area contributed by atoms with Crippen LogP contribution in [0.2, 0.25) is 0 Å². The molecule has 0 radical (unpaired) electrons. The van der Waals surface area contributed by atoms with Crippen molar-refractivity contribution in [1.29, 1.82) is 0 Å². The topological polar surface area (TPSA) is 38.0 Å². The van der Waals surface area contributed by atoms with E-state index < -0.39 is 0 Å². The van der Waals surface area contributed by atoms with Crippen LogP contribution < -0.4 is 11.1 Å². The summed E-state index contributed by atoms with van der Waals surface area (Å²) in [6.45, 7) is 5.97. The molecule has 0 aromatic carbocycles. The molecule has 1 aliphatic heterocycles. The van der Waals surface area contributed by atoms with Crippen LogP contribution in [-0.2, 0) is 0 Å². The highest BCUT2D eigenvalue weighted by Crippen LogP contribution is 2.16. The van der Waals surface area contributed by atoms with Crippen LogP contribution in [0, 0.1) is 5.92 Å². The highest BCUT2D eigenvalue weighted by molar-refractivity contribution is 4.83. The van der Waals surface area contributed by atoms with Gasteiger partial charge in [0.1, 0.15) is 0 Å². The lowest BCUT2D eigenvalue weighted by Gasteiger charge is -2.27. The Balaban J connectivity index is 2.26. The van der Waals surface area contributed by atoms with E-state index in [0.29, 0.717) is 12.0 Å². The second-order valence-corrected chi connectivity index (χ2v) is 3.28. The van der Waals surface area contributed by atoms with Gasteiger partial charge in [-0.1, -0.05) is 6.08 Å². The summed E-state index contributed by atoms with van der Waals surface area (Å²) in [7, 11) is 0. The van der Waals surface area contributed by atoms with Crippen molar-refractivity contribution < 1.29 is 0 Å². The number of hydrogen-bond acceptors (Lipinski definition) is 2. The quantitative estimate of drug-likeness (QED) is 0.592. The van der Waals surface area contributed by atoms with Crippen molar-refractivity contribution in [1.82, 2.24) is 5.32 Å². The molecule has 64 valence electrons. The van der Waals surface area contributed by atoms with Crippen LogP contribution in [0.1, 0.15) is 19.3 Å². The largest absolute Gasteiger partial charge is 0.327 e. The summed E-state index contributed by atoms with van der Waals surface area (Å²) < 4.78 is 0. The van der Waals surface area contributed by atoms with Gasteiger partial charge in [0, 0.05) is 6.04 Å². The summed E-state index contributed by atoms with van der Waals surface area (Å²) in [5.41, 5.74) is 5.96. The zero-order valence-corrected chi connectivity index (χ0v) is 7.05. The minimum absolute atomic E-state index is 0.342. The summed E-state index contributed by atoms with van der Waals surface area (Å²) in [5.74, 6) is 0.717. The molecule has 1 atom stereocenters. The van der Waals surface area contributed by atoms with E-state index in [1.165, 1.54) is 12.8 Å². The minimum Gasteiger partial charge on any atom is -0.327 e. The lowest BCUT2D eigenvalue weighted by Crippen LogP contribution is -2.38. The maximum absolute atomic E-state index is 5.96. The highest BCUT2D eigenvalue weighted by Gasteiger charge is 2.18. The summed E-state index contributed by atoms with van der Waals surface area (Å²) in [6.07, 6.45) is 5.35. The van der Waals surface area contributed by atoms with E-state index in [2.05, 4.69) is 11.9 Å². The molecule has 0 aliphatic carbocycles. The van der Waals surface area contributed by atoms with Crippen molar-refractivity contribution in [3.63, 3.8) is 0 Å². The lowest BCUT2D eigenvalue weighted by atomic mass is 9.89. The molecule has 0 aromatic rings. The van der Waals surface area contributed by atoms with Crippen molar-refractivity contribution in [2.45, 2.75) is 25.3 Å². The summed E-state index contributed by atoms with van der Waals surface area (Å²) in [6, 6.07) is 0.342. The molecule has 0 amide bonds. The zero-order chi connectivity index (χ0) is 8.10. The minimum atomic E-state index is 0.342. The average Bonchev–Trinajstić information content (AvgIpc) is 2.07. The fourth-order valence-electron chi connectivity index (χ4n) is 1.66. The molecule has 0 spiro atoms. The Morgan fingerprint density at radius 3 is 2.73 bits per heavy atom. The third-order valence-corrected chi connectivity index (χ3v) is 2.43. The molecule has 0 bridgehead atoms. The normalized spacial score (nSPS) is 23.0. The van der Waals surface area contributed by atoms with Crippen molar-refractivity contribution in [2.24, 2.45) is 11.7 Å². The van der Waals surface area contributed by atoms with E-state index in [1.807, 2.05) is 6.08 Å². The molecule has 1 fully saturated rings. The Hall–Kier alpha value is -0.340. The third kappa shape index (κ3) is 2.64. The van der Waals surface area contributed by atoms with Crippen molar-refractivity contribution in [3.8, 4) is 0 Å². The number of piperidine rings is 1. The van der Waals surface area contributed by atoms with Gasteiger partial charge in [-0.3, -0.25) is 0 Å². The molecule has 1 rings (SSSR count). The summed E-state index contributed by atoms with van der Waals surface area (Å²) in [5, 5.41) is 3.33. The van der Waals surface area contributed by atoms with E-state index in [0.717, 1.165) is 19.5 Å². The summed E-state index contributed by atoms with van der Waals surface area (Å²) >= 11 is 0. The van der Waals surface area contributed by atoms with Crippen LogP contribution in [0.3, 0.4) is 0 Å². The predicted molar refractivity (Wildman–Crippen MR) is 48.4 cm³/mol. The second-order valence-electron chi connectivity index (χ2n) is 3.28. The van der Waals surface area contributed by atoms with Crippen LogP contribution in [0.25, 0.3) is 0 Å². The van der Waals surface area contributed by atoms with Crippen LogP contribution in [0.4, 0.5) is 0 Å². The third-order valence-electron chi connectivity index (χ3n) is 2.43. The number of hydrogen-bond donors (Lipinski definition) is 2. The van der Waals surface area contributed by atoms with Gasteiger partial charge < -0.3 is 11.1 Å². The first-order valence-electron chi connectivity index (χ1n) is 4.42. The Morgan fingerprint density at radius 2 is 2.18 bits per heavy atom. The fraction of sp³-hybridized carbons (Fsp3) is 0.778. The SMILES string of the molecule is C=CC[C@@H](N)C1CCNCC1. The Bertz CT molecular complexity index is 117. The van der Waals surface area contributed by atoms with Gasteiger partial charge in [-0.15, -0.1) is 6.58 Å². The Labute approximate surface area is 68.9 Å². The van der Waals surface area contributed by atoms with Crippen molar-refractivity contribution in [2.75, 3.05) is 13.1 Å². The molecule has 1 aliphatic rings. The number of nitrogens with two attached hydrogens (primary N) is 1. The summed E-state index contributed by atoms with van der Waals surface area (Å²) in [4.78, 5) is 0. The molecule has 11 heavy (non-hydrogen) atoms. The van der Waals surface area contributed by atoms with E-state index in [4.69, 9.17) is 5.73 Å². The maximum atomic E-state index is 5.96. The molecule has 0 saturated carbocycles. The first-order chi connectivity index (χ1) is 5.34. The number of nitrogens with one attached hydrogen (secondary N) is 1. The van der Waals surface area contributed by atoms with Gasteiger partial charge in [-0.25, -0.2) is 0 Å². The Morgan fingerprint density at radius 1 is 1.55 bits per heavy atom. The van der Waals surface area contributed by atoms with Gasteiger partial charge in [0.25, 0.3) is 0 Å². The standard InChI is InChI=1S/C9H18N2/c1-2-3-9(10)8-4-6-11-7-5-8/h2,8-9,11H,1,3-7,10H2/t9-/m1/s1. The van der Waals surface area contributed by atoms with Gasteiger partial charge in [0.05, 0.1) is 0 Å². The van der Waals surface area contributed by atoms with Gasteiger partial charge in [-0.2, -0.15) is 0 Å². The van der Waals surface area contributed by atoms with E-state index in [9.17, 15) is 0 Å². The molecule has 0 aromatic heterocycles.